The van der Waals surface area contributed by atoms with E-state index < -0.39 is 0 Å². The van der Waals surface area contributed by atoms with Crippen LogP contribution in [0.15, 0.2) is 17.1 Å². The van der Waals surface area contributed by atoms with Crippen LogP contribution in [0, 0.1) is 3.57 Å². The summed E-state index contributed by atoms with van der Waals surface area (Å²) in [6.45, 7) is 4.89. The maximum atomic E-state index is 9.98. The van der Waals surface area contributed by atoms with E-state index in [4.69, 9.17) is 11.6 Å². The van der Waals surface area contributed by atoms with Gasteiger partial charge in [-0.25, -0.2) is 0 Å². The minimum absolute atomic E-state index is 0.279. The summed E-state index contributed by atoms with van der Waals surface area (Å²) in [4.78, 5) is 4.47. The van der Waals surface area contributed by atoms with Gasteiger partial charge in [0.05, 0.1) is 3.57 Å². The second-order valence-electron chi connectivity index (χ2n) is 3.47. The summed E-state index contributed by atoms with van der Waals surface area (Å²) in [7, 11) is 0. The molecule has 0 amide bonds. The molecule has 2 nitrogen and oxygen atoms in total. The summed E-state index contributed by atoms with van der Waals surface area (Å²) in [6.07, 6.45) is 1.80. The molecule has 88 valence electrons. The second-order valence-corrected chi connectivity index (χ2v) is 5.06. The molecule has 1 aromatic carbocycles. The number of rotatable bonds is 4. The predicted octanol–water partition coefficient (Wildman–Crippen LogP) is 4.26. The van der Waals surface area contributed by atoms with E-state index in [1.807, 2.05) is 6.92 Å². The van der Waals surface area contributed by atoms with Gasteiger partial charge in [-0.15, -0.1) is 0 Å². The van der Waals surface area contributed by atoms with Gasteiger partial charge in [0.25, 0.3) is 0 Å². The molecule has 4 heteroatoms. The number of hydrogen-bond acceptors (Lipinski definition) is 2. The van der Waals surface area contributed by atoms with Crippen molar-refractivity contribution in [3.05, 3.63) is 26.3 Å². The van der Waals surface area contributed by atoms with E-state index in [1.54, 1.807) is 12.1 Å². The molecule has 0 aromatic heterocycles. The number of aromatic hydroxyl groups is 1. The zero-order valence-electron chi connectivity index (χ0n) is 9.43. The Kier molecular flexibility index (Phi) is 5.55. The number of nitrogens with zero attached hydrogens (tertiary/aromatic N) is 1. The molecule has 16 heavy (non-hydrogen) atoms. The van der Waals surface area contributed by atoms with Gasteiger partial charge < -0.3 is 5.11 Å². The van der Waals surface area contributed by atoms with Gasteiger partial charge in [0.2, 0.25) is 0 Å². The van der Waals surface area contributed by atoms with Crippen LogP contribution in [0.25, 0.3) is 0 Å². The van der Waals surface area contributed by atoms with Crippen LogP contribution in [0.2, 0.25) is 5.02 Å². The largest absolute Gasteiger partial charge is 0.506 e. The van der Waals surface area contributed by atoms with Crippen molar-refractivity contribution in [2.45, 2.75) is 26.7 Å². The van der Waals surface area contributed by atoms with Gasteiger partial charge >= 0.3 is 0 Å². The number of benzene rings is 1. The average molecular weight is 352 g/mol. The highest BCUT2D eigenvalue weighted by molar-refractivity contribution is 14.1. The lowest BCUT2D eigenvalue weighted by Gasteiger charge is -2.09. The first-order valence-corrected chi connectivity index (χ1v) is 6.77. The van der Waals surface area contributed by atoms with Crippen LogP contribution >= 0.6 is 34.2 Å². The molecule has 0 heterocycles. The minimum Gasteiger partial charge on any atom is -0.506 e. The third-order valence-electron chi connectivity index (χ3n) is 2.20. The van der Waals surface area contributed by atoms with E-state index in [0.29, 0.717) is 5.02 Å². The van der Waals surface area contributed by atoms with Gasteiger partial charge in [0.15, 0.2) is 0 Å². The molecule has 1 N–H and O–H groups in total. The fourth-order valence-corrected chi connectivity index (χ4v) is 2.45. The molecule has 0 unspecified atom stereocenters. The number of phenolic OH excluding ortho intramolecular Hbond substituents is 1. The normalized spacial score (nSPS) is 11.9. The topological polar surface area (TPSA) is 32.6 Å². The van der Waals surface area contributed by atoms with Crippen molar-refractivity contribution in [3.8, 4) is 5.75 Å². The monoisotopic (exact) mass is 351 g/mol. The lowest BCUT2D eigenvalue weighted by Crippen LogP contribution is -2.02. The zero-order chi connectivity index (χ0) is 12.1. The van der Waals surface area contributed by atoms with E-state index >= 15 is 0 Å². The van der Waals surface area contributed by atoms with E-state index in [-0.39, 0.29) is 5.75 Å². The van der Waals surface area contributed by atoms with Crippen LogP contribution in [-0.4, -0.2) is 17.4 Å². The van der Waals surface area contributed by atoms with Crippen LogP contribution in [0.3, 0.4) is 0 Å². The third kappa shape index (κ3) is 3.35. The fourth-order valence-electron chi connectivity index (χ4n) is 1.42. The van der Waals surface area contributed by atoms with Crippen molar-refractivity contribution in [2.24, 2.45) is 4.99 Å². The van der Waals surface area contributed by atoms with Crippen molar-refractivity contribution >= 4 is 39.9 Å². The summed E-state index contributed by atoms with van der Waals surface area (Å²) in [5, 5.41) is 10.6. The fraction of sp³-hybridized carbons (Fsp3) is 0.417. The quantitative estimate of drug-likeness (QED) is 0.638. The Labute approximate surface area is 115 Å². The molecule has 0 aliphatic rings. The molecular formula is C12H15ClINO. The van der Waals surface area contributed by atoms with Gasteiger partial charge in [-0.1, -0.05) is 25.4 Å². The predicted molar refractivity (Wildman–Crippen MR) is 77.8 cm³/mol. The maximum absolute atomic E-state index is 9.98. The van der Waals surface area contributed by atoms with Gasteiger partial charge in [0.1, 0.15) is 5.75 Å². The standard InChI is InChI=1S/C12H15ClINO/c1-3-5-15-11(4-2)9-6-8(13)7-10(14)12(9)16/h6-7,16H,3-5H2,1-2H3. The van der Waals surface area contributed by atoms with Gasteiger partial charge in [-0.05, 0) is 47.6 Å². The second kappa shape index (κ2) is 6.45. The van der Waals surface area contributed by atoms with E-state index in [9.17, 15) is 5.11 Å². The van der Waals surface area contributed by atoms with Crippen LogP contribution in [-0.2, 0) is 0 Å². The number of phenols is 1. The number of hydrogen-bond donors (Lipinski definition) is 1. The molecular weight excluding hydrogens is 336 g/mol. The van der Waals surface area contributed by atoms with Gasteiger partial charge in [-0.2, -0.15) is 0 Å². The Bertz CT molecular complexity index is 404. The molecule has 0 saturated heterocycles. The molecule has 0 atom stereocenters. The van der Waals surface area contributed by atoms with Crippen LogP contribution in [0.5, 0.6) is 5.75 Å². The third-order valence-corrected chi connectivity index (χ3v) is 3.24. The summed E-state index contributed by atoms with van der Waals surface area (Å²) >= 11 is 8.06. The van der Waals surface area contributed by atoms with Crippen molar-refractivity contribution in [1.29, 1.82) is 0 Å². The molecule has 1 aromatic rings. The summed E-state index contributed by atoms with van der Waals surface area (Å²) in [6, 6.07) is 3.52. The number of halogens is 2. The van der Waals surface area contributed by atoms with E-state index in [0.717, 1.165) is 34.2 Å². The molecule has 1 rings (SSSR count). The highest BCUT2D eigenvalue weighted by Gasteiger charge is 2.11. The zero-order valence-corrected chi connectivity index (χ0v) is 12.3. The van der Waals surface area contributed by atoms with Crippen molar-refractivity contribution in [3.63, 3.8) is 0 Å². The van der Waals surface area contributed by atoms with Gasteiger partial charge in [-0.3, -0.25) is 4.99 Å². The summed E-state index contributed by atoms with van der Waals surface area (Å²) < 4.78 is 0.762. The molecule has 0 aliphatic carbocycles. The Hall–Kier alpha value is -0.290. The SMILES string of the molecule is CCCN=C(CC)c1cc(Cl)cc(I)c1O. The van der Waals surface area contributed by atoms with Gasteiger partial charge in [0, 0.05) is 22.8 Å². The Morgan fingerprint density at radius 1 is 1.44 bits per heavy atom. The average Bonchev–Trinajstić information content (AvgIpc) is 2.25. The van der Waals surface area contributed by atoms with Crippen molar-refractivity contribution in [1.82, 2.24) is 0 Å². The minimum atomic E-state index is 0.279. The van der Waals surface area contributed by atoms with Crippen LogP contribution < -0.4 is 0 Å². The van der Waals surface area contributed by atoms with Crippen LogP contribution in [0.4, 0.5) is 0 Å². The Balaban J connectivity index is 3.19. The first-order chi connectivity index (χ1) is 7.60. The summed E-state index contributed by atoms with van der Waals surface area (Å²) in [5.41, 5.74) is 1.67. The Morgan fingerprint density at radius 2 is 2.12 bits per heavy atom. The summed E-state index contributed by atoms with van der Waals surface area (Å²) in [5.74, 6) is 0.279. The molecule has 0 saturated carbocycles. The molecule has 0 aliphatic heterocycles. The highest BCUT2D eigenvalue weighted by atomic mass is 127. The first-order valence-electron chi connectivity index (χ1n) is 5.31. The smallest absolute Gasteiger partial charge is 0.138 e. The molecule has 0 bridgehead atoms. The van der Waals surface area contributed by atoms with Crippen LogP contribution in [0.1, 0.15) is 32.3 Å². The maximum Gasteiger partial charge on any atom is 0.138 e. The van der Waals surface area contributed by atoms with Crippen molar-refractivity contribution in [2.75, 3.05) is 6.54 Å². The van der Waals surface area contributed by atoms with E-state index in [1.165, 1.54) is 0 Å². The number of aliphatic imine (C=N–C) groups is 1. The molecule has 0 fully saturated rings. The first kappa shape index (κ1) is 13.8. The Morgan fingerprint density at radius 3 is 2.69 bits per heavy atom. The van der Waals surface area contributed by atoms with E-state index in [2.05, 4.69) is 34.5 Å². The van der Waals surface area contributed by atoms with Crippen molar-refractivity contribution < 1.29 is 5.11 Å². The molecule has 0 spiro atoms. The lowest BCUT2D eigenvalue weighted by molar-refractivity contribution is 0.470. The molecule has 0 radical (unpaired) electrons. The lowest BCUT2D eigenvalue weighted by atomic mass is 10.1. The highest BCUT2D eigenvalue weighted by Crippen LogP contribution is 2.29.